The standard InChI is InChI=1S/C26H31N3O2.ClH/c30-25(21-3-1-2-4-21)27-22-9-5-18(6-10-22)19-7-11-23(12-8-19)28-26(31)24-17-29-15-13-20(24)14-16-29;/h5-12,20-21,24H,1-4,13-17H2,(H,27,30)(H,28,31);1H/t24-;/m0./s1. The van der Waals surface area contributed by atoms with Gasteiger partial charge in [0, 0.05) is 23.8 Å². The molecule has 6 rings (SSSR count). The van der Waals surface area contributed by atoms with E-state index in [4.69, 9.17) is 0 Å². The van der Waals surface area contributed by atoms with Gasteiger partial charge in [-0.05, 0) is 80.1 Å². The van der Waals surface area contributed by atoms with Crippen molar-refractivity contribution in [3.8, 4) is 11.1 Å². The van der Waals surface area contributed by atoms with E-state index in [2.05, 4.69) is 15.5 Å². The van der Waals surface area contributed by atoms with E-state index in [1.54, 1.807) is 0 Å². The van der Waals surface area contributed by atoms with Gasteiger partial charge in [-0.2, -0.15) is 0 Å². The molecule has 4 fully saturated rings. The number of rotatable bonds is 5. The van der Waals surface area contributed by atoms with E-state index in [9.17, 15) is 9.59 Å². The molecule has 2 aromatic rings. The minimum absolute atomic E-state index is 0. The Morgan fingerprint density at radius 2 is 1.22 bits per heavy atom. The van der Waals surface area contributed by atoms with Gasteiger partial charge >= 0.3 is 0 Å². The topological polar surface area (TPSA) is 61.4 Å². The number of benzene rings is 2. The quantitative estimate of drug-likeness (QED) is 0.655. The lowest BCUT2D eigenvalue weighted by Gasteiger charge is -2.43. The number of carbonyl (C=O) groups excluding carboxylic acids is 2. The minimum Gasteiger partial charge on any atom is -0.326 e. The largest absolute Gasteiger partial charge is 0.326 e. The van der Waals surface area contributed by atoms with Crippen molar-refractivity contribution < 1.29 is 9.59 Å². The summed E-state index contributed by atoms with van der Waals surface area (Å²) in [5.74, 6) is 1.13. The SMILES string of the molecule is Cl.O=C(Nc1ccc(-c2ccc(NC(=O)[C@H]3CN4CCC3CC4)cc2)cc1)C1CCCC1. The zero-order valence-corrected chi connectivity index (χ0v) is 19.2. The average Bonchev–Trinajstić information content (AvgIpc) is 3.36. The monoisotopic (exact) mass is 453 g/mol. The third-order valence-corrected chi connectivity index (χ3v) is 7.36. The number of nitrogens with one attached hydrogen (secondary N) is 2. The first-order valence-electron chi connectivity index (χ1n) is 11.7. The summed E-state index contributed by atoms with van der Waals surface area (Å²) in [6.07, 6.45) is 6.63. The van der Waals surface area contributed by atoms with E-state index in [1.165, 1.54) is 0 Å². The van der Waals surface area contributed by atoms with Gasteiger partial charge in [0.2, 0.25) is 11.8 Å². The number of amides is 2. The van der Waals surface area contributed by atoms with Gasteiger partial charge in [-0.15, -0.1) is 12.4 Å². The Kier molecular flexibility index (Phi) is 7.17. The molecule has 2 N–H and O–H groups in total. The number of carbonyl (C=O) groups is 2. The third-order valence-electron chi connectivity index (χ3n) is 7.36. The molecule has 4 aliphatic rings. The van der Waals surface area contributed by atoms with Gasteiger partial charge in [-0.3, -0.25) is 9.59 Å². The van der Waals surface area contributed by atoms with E-state index in [1.807, 2.05) is 48.5 Å². The molecule has 3 heterocycles. The van der Waals surface area contributed by atoms with Crippen molar-refractivity contribution in [1.29, 1.82) is 0 Å². The van der Waals surface area contributed by atoms with Gasteiger partial charge in [0.05, 0.1) is 5.92 Å². The molecule has 3 aliphatic heterocycles. The molecule has 1 saturated carbocycles. The van der Waals surface area contributed by atoms with Crippen molar-refractivity contribution in [3.63, 3.8) is 0 Å². The van der Waals surface area contributed by atoms with Crippen LogP contribution in [0, 0.1) is 17.8 Å². The van der Waals surface area contributed by atoms with Crippen molar-refractivity contribution in [2.24, 2.45) is 17.8 Å². The summed E-state index contributed by atoms with van der Waals surface area (Å²) in [5.41, 5.74) is 3.89. The van der Waals surface area contributed by atoms with Crippen LogP contribution in [0.5, 0.6) is 0 Å². The molecular formula is C26H32ClN3O2. The van der Waals surface area contributed by atoms with Crippen LogP contribution in [-0.4, -0.2) is 36.3 Å². The van der Waals surface area contributed by atoms with E-state index in [0.717, 1.165) is 80.7 Å². The van der Waals surface area contributed by atoms with Crippen LogP contribution in [-0.2, 0) is 9.59 Å². The maximum absolute atomic E-state index is 12.8. The van der Waals surface area contributed by atoms with Crippen LogP contribution in [0.1, 0.15) is 38.5 Å². The van der Waals surface area contributed by atoms with E-state index in [-0.39, 0.29) is 36.1 Å². The molecule has 1 aliphatic carbocycles. The van der Waals surface area contributed by atoms with E-state index >= 15 is 0 Å². The number of fused-ring (bicyclic) bond motifs is 3. The summed E-state index contributed by atoms with van der Waals surface area (Å²) in [4.78, 5) is 27.5. The summed E-state index contributed by atoms with van der Waals surface area (Å²) in [6, 6.07) is 16.0. The van der Waals surface area contributed by atoms with Crippen molar-refractivity contribution in [2.45, 2.75) is 38.5 Å². The number of anilines is 2. The molecule has 1 atom stereocenters. The van der Waals surface area contributed by atoms with Gasteiger partial charge < -0.3 is 15.5 Å². The summed E-state index contributed by atoms with van der Waals surface area (Å²) >= 11 is 0. The molecule has 2 aromatic carbocycles. The Labute approximate surface area is 196 Å². The Hall–Kier alpha value is -2.37. The number of hydrogen-bond donors (Lipinski definition) is 2. The van der Waals surface area contributed by atoms with Crippen molar-refractivity contribution in [3.05, 3.63) is 48.5 Å². The lowest BCUT2D eigenvalue weighted by molar-refractivity contribution is -0.125. The third kappa shape index (κ3) is 5.00. The van der Waals surface area contributed by atoms with Crippen LogP contribution in [0.2, 0.25) is 0 Å². The maximum atomic E-state index is 12.8. The Balaban J connectivity index is 0.00000245. The summed E-state index contributed by atoms with van der Waals surface area (Å²) in [6.45, 7) is 3.19. The van der Waals surface area contributed by atoms with Gasteiger partial charge in [0.25, 0.3) is 0 Å². The van der Waals surface area contributed by atoms with Gasteiger partial charge in [0.15, 0.2) is 0 Å². The fourth-order valence-corrected chi connectivity index (χ4v) is 5.42. The van der Waals surface area contributed by atoms with Crippen molar-refractivity contribution >= 4 is 35.6 Å². The zero-order chi connectivity index (χ0) is 21.2. The van der Waals surface area contributed by atoms with Gasteiger partial charge in [-0.25, -0.2) is 0 Å². The predicted molar refractivity (Wildman–Crippen MR) is 131 cm³/mol. The molecule has 0 aromatic heterocycles. The molecule has 0 spiro atoms. The van der Waals surface area contributed by atoms with Crippen molar-refractivity contribution in [1.82, 2.24) is 4.90 Å². The zero-order valence-electron chi connectivity index (χ0n) is 18.4. The lowest BCUT2D eigenvalue weighted by Crippen LogP contribution is -2.51. The molecule has 0 unspecified atom stereocenters. The van der Waals surface area contributed by atoms with Crippen molar-refractivity contribution in [2.75, 3.05) is 30.3 Å². The van der Waals surface area contributed by atoms with E-state index in [0.29, 0.717) is 5.92 Å². The summed E-state index contributed by atoms with van der Waals surface area (Å²) in [7, 11) is 0. The van der Waals surface area contributed by atoms with Crippen LogP contribution in [0.3, 0.4) is 0 Å². The molecule has 0 radical (unpaired) electrons. The molecule has 2 amide bonds. The maximum Gasteiger partial charge on any atom is 0.229 e. The van der Waals surface area contributed by atoms with Crippen LogP contribution in [0.4, 0.5) is 11.4 Å². The number of piperidine rings is 3. The summed E-state index contributed by atoms with van der Waals surface area (Å²) in [5, 5.41) is 6.17. The molecule has 6 heteroatoms. The lowest BCUT2D eigenvalue weighted by atomic mass is 9.78. The molecule has 3 saturated heterocycles. The first kappa shape index (κ1) is 22.8. The van der Waals surface area contributed by atoms with Crippen LogP contribution in [0.15, 0.2) is 48.5 Å². The van der Waals surface area contributed by atoms with Crippen LogP contribution < -0.4 is 10.6 Å². The highest BCUT2D eigenvalue weighted by Crippen LogP contribution is 2.33. The second kappa shape index (κ2) is 10.1. The Morgan fingerprint density at radius 1 is 0.719 bits per heavy atom. The Morgan fingerprint density at radius 3 is 1.69 bits per heavy atom. The van der Waals surface area contributed by atoms with Crippen LogP contribution in [0.25, 0.3) is 11.1 Å². The highest BCUT2D eigenvalue weighted by atomic mass is 35.5. The normalized spacial score (nSPS) is 24.6. The first-order valence-corrected chi connectivity index (χ1v) is 11.7. The smallest absolute Gasteiger partial charge is 0.229 e. The van der Waals surface area contributed by atoms with Gasteiger partial charge in [-0.1, -0.05) is 37.1 Å². The fraction of sp³-hybridized carbons (Fsp3) is 0.462. The van der Waals surface area contributed by atoms with Gasteiger partial charge in [0.1, 0.15) is 0 Å². The highest BCUT2D eigenvalue weighted by molar-refractivity contribution is 5.94. The molecule has 5 nitrogen and oxygen atoms in total. The fourth-order valence-electron chi connectivity index (χ4n) is 5.42. The number of nitrogens with zero attached hydrogens (tertiary/aromatic N) is 1. The molecular weight excluding hydrogens is 422 g/mol. The Bertz CT molecular complexity index is 931. The summed E-state index contributed by atoms with van der Waals surface area (Å²) < 4.78 is 0. The average molecular weight is 454 g/mol. The number of halogens is 1. The first-order chi connectivity index (χ1) is 15.2. The van der Waals surface area contributed by atoms with E-state index < -0.39 is 0 Å². The molecule has 170 valence electrons. The molecule has 2 bridgehead atoms. The minimum atomic E-state index is 0. The highest BCUT2D eigenvalue weighted by Gasteiger charge is 2.38. The second-order valence-corrected chi connectivity index (χ2v) is 9.36. The molecule has 32 heavy (non-hydrogen) atoms. The van der Waals surface area contributed by atoms with Crippen LogP contribution >= 0.6 is 12.4 Å². The number of hydrogen-bond acceptors (Lipinski definition) is 3. The second-order valence-electron chi connectivity index (χ2n) is 9.36. The predicted octanol–water partition coefficient (Wildman–Crippen LogP) is 5.18.